The molecule has 0 aliphatic rings. The van der Waals surface area contributed by atoms with Crippen LogP contribution in [0.3, 0.4) is 0 Å². The van der Waals surface area contributed by atoms with Crippen LogP contribution < -0.4 is 5.43 Å². The highest BCUT2D eigenvalue weighted by molar-refractivity contribution is 6.35. The predicted octanol–water partition coefficient (Wildman–Crippen LogP) is 4.48. The molecule has 0 bridgehead atoms. The molecule has 0 atom stereocenters. The largest absolute Gasteiger partial charge is 0.361 e. The van der Waals surface area contributed by atoms with Gasteiger partial charge in [0, 0.05) is 38.9 Å². The van der Waals surface area contributed by atoms with Crippen molar-refractivity contribution in [1.29, 1.82) is 0 Å². The molecule has 0 aliphatic carbocycles. The molecule has 0 unspecified atom stereocenters. The normalized spacial score (nSPS) is 11.4. The van der Waals surface area contributed by atoms with Gasteiger partial charge in [-0.2, -0.15) is 10.2 Å². The van der Waals surface area contributed by atoms with Crippen LogP contribution in [0.1, 0.15) is 21.6 Å². The topological polar surface area (TPSA) is 75.1 Å². The Hall–Kier alpha value is -3.09. The van der Waals surface area contributed by atoms with Crippen molar-refractivity contribution in [2.24, 2.45) is 5.10 Å². The van der Waals surface area contributed by atoms with Crippen LogP contribution in [0, 0.1) is 0 Å². The van der Waals surface area contributed by atoms with Crippen LogP contribution in [0.25, 0.3) is 10.9 Å². The van der Waals surface area contributed by atoms with E-state index in [2.05, 4.69) is 20.6 Å². The van der Waals surface area contributed by atoms with Crippen molar-refractivity contribution in [1.82, 2.24) is 20.2 Å². The van der Waals surface area contributed by atoms with Gasteiger partial charge in [0.1, 0.15) is 0 Å². The number of H-pyrrole nitrogens is 1. The van der Waals surface area contributed by atoms with Crippen molar-refractivity contribution in [3.8, 4) is 0 Å². The summed E-state index contributed by atoms with van der Waals surface area (Å²) in [6, 6.07) is 14.8. The number of carbonyl (C=O) groups is 1. The number of aromatic nitrogens is 3. The van der Waals surface area contributed by atoms with Gasteiger partial charge >= 0.3 is 0 Å². The standard InChI is InChI=1S/C20H15Cl2N5O/c21-15-6-5-13(17(22)9-15)12-27-8-7-19(26-27)20(28)25-24-11-14-10-23-18-4-2-1-3-16(14)18/h1-11,23H,12H2,(H,25,28). The molecule has 28 heavy (non-hydrogen) atoms. The fourth-order valence-corrected chi connectivity index (χ4v) is 3.28. The SMILES string of the molecule is O=C(NN=Cc1c[nH]c2ccccc12)c1ccn(Cc2ccc(Cl)cc2Cl)n1. The smallest absolute Gasteiger partial charge is 0.291 e. The van der Waals surface area contributed by atoms with Gasteiger partial charge in [0.2, 0.25) is 0 Å². The number of hydrogen-bond acceptors (Lipinski definition) is 3. The van der Waals surface area contributed by atoms with Gasteiger partial charge in [0.25, 0.3) is 5.91 Å². The Morgan fingerprint density at radius 2 is 2.07 bits per heavy atom. The summed E-state index contributed by atoms with van der Waals surface area (Å²) in [7, 11) is 0. The number of nitrogens with one attached hydrogen (secondary N) is 2. The Morgan fingerprint density at radius 1 is 1.21 bits per heavy atom. The van der Waals surface area contributed by atoms with E-state index >= 15 is 0 Å². The number of aromatic amines is 1. The Bertz CT molecular complexity index is 1180. The molecule has 0 saturated heterocycles. The Morgan fingerprint density at radius 3 is 2.93 bits per heavy atom. The second-order valence-electron chi connectivity index (χ2n) is 6.12. The van der Waals surface area contributed by atoms with E-state index in [9.17, 15) is 4.79 Å². The molecule has 0 radical (unpaired) electrons. The fraction of sp³-hybridized carbons (Fsp3) is 0.0500. The lowest BCUT2D eigenvalue weighted by Crippen LogP contribution is -2.18. The van der Waals surface area contributed by atoms with E-state index in [0.29, 0.717) is 16.6 Å². The van der Waals surface area contributed by atoms with E-state index in [-0.39, 0.29) is 5.69 Å². The summed E-state index contributed by atoms with van der Waals surface area (Å²) < 4.78 is 1.63. The second kappa shape index (κ2) is 7.88. The zero-order valence-electron chi connectivity index (χ0n) is 14.6. The number of carbonyl (C=O) groups excluding carboxylic acids is 1. The first-order chi connectivity index (χ1) is 13.6. The van der Waals surface area contributed by atoms with Gasteiger partial charge in [-0.25, -0.2) is 5.43 Å². The third kappa shape index (κ3) is 3.93. The number of nitrogens with zero attached hydrogens (tertiary/aromatic N) is 3. The molecule has 0 saturated carbocycles. The summed E-state index contributed by atoms with van der Waals surface area (Å²) in [6.07, 6.45) is 5.15. The maximum Gasteiger partial charge on any atom is 0.291 e. The summed E-state index contributed by atoms with van der Waals surface area (Å²) in [5, 5.41) is 10.5. The monoisotopic (exact) mass is 411 g/mol. The highest BCUT2D eigenvalue weighted by Crippen LogP contribution is 2.21. The lowest BCUT2D eigenvalue weighted by Gasteiger charge is -2.05. The molecule has 0 aliphatic heterocycles. The number of hydrogen-bond donors (Lipinski definition) is 2. The lowest BCUT2D eigenvalue weighted by molar-refractivity contribution is 0.0949. The molecule has 0 spiro atoms. The van der Waals surface area contributed by atoms with Gasteiger partial charge in [-0.05, 0) is 29.8 Å². The van der Waals surface area contributed by atoms with Crippen LogP contribution in [-0.2, 0) is 6.54 Å². The second-order valence-corrected chi connectivity index (χ2v) is 6.97. The molecule has 140 valence electrons. The average Bonchev–Trinajstić information content (AvgIpc) is 3.31. The van der Waals surface area contributed by atoms with Gasteiger partial charge < -0.3 is 4.98 Å². The minimum atomic E-state index is -0.392. The third-order valence-electron chi connectivity index (χ3n) is 4.21. The first-order valence-corrected chi connectivity index (χ1v) is 9.22. The summed E-state index contributed by atoms with van der Waals surface area (Å²) >= 11 is 12.1. The number of para-hydroxylation sites is 1. The van der Waals surface area contributed by atoms with Crippen LogP contribution in [0.2, 0.25) is 10.0 Å². The van der Waals surface area contributed by atoms with Crippen molar-refractivity contribution in [2.45, 2.75) is 6.54 Å². The van der Waals surface area contributed by atoms with Gasteiger partial charge in [0.15, 0.2) is 5.69 Å². The number of rotatable bonds is 5. The molecule has 4 rings (SSSR count). The van der Waals surface area contributed by atoms with Crippen molar-refractivity contribution in [3.63, 3.8) is 0 Å². The van der Waals surface area contributed by atoms with Crippen LogP contribution >= 0.6 is 23.2 Å². The van der Waals surface area contributed by atoms with E-state index in [1.54, 1.807) is 35.3 Å². The first kappa shape index (κ1) is 18.3. The van der Waals surface area contributed by atoms with Crippen molar-refractivity contribution in [3.05, 3.63) is 87.8 Å². The molecule has 6 nitrogen and oxygen atoms in total. The Kier molecular flexibility index (Phi) is 5.14. The zero-order chi connectivity index (χ0) is 19.5. The zero-order valence-corrected chi connectivity index (χ0v) is 16.1. The van der Waals surface area contributed by atoms with Gasteiger partial charge in [-0.3, -0.25) is 9.48 Å². The van der Waals surface area contributed by atoms with E-state index in [1.807, 2.05) is 36.5 Å². The van der Waals surface area contributed by atoms with E-state index in [4.69, 9.17) is 23.2 Å². The molecule has 2 aromatic heterocycles. The molecular weight excluding hydrogens is 397 g/mol. The molecule has 4 aromatic rings. The van der Waals surface area contributed by atoms with Gasteiger partial charge in [0.05, 0.1) is 12.8 Å². The number of hydrazone groups is 1. The first-order valence-electron chi connectivity index (χ1n) is 8.47. The van der Waals surface area contributed by atoms with Crippen LogP contribution in [0.5, 0.6) is 0 Å². The third-order valence-corrected chi connectivity index (χ3v) is 4.80. The predicted molar refractivity (Wildman–Crippen MR) is 111 cm³/mol. The van der Waals surface area contributed by atoms with Crippen molar-refractivity contribution in [2.75, 3.05) is 0 Å². The maximum atomic E-state index is 12.3. The molecule has 2 aromatic carbocycles. The molecule has 2 heterocycles. The minimum absolute atomic E-state index is 0.265. The summed E-state index contributed by atoms with van der Waals surface area (Å²) in [6.45, 7) is 0.432. The van der Waals surface area contributed by atoms with Crippen molar-refractivity contribution >= 4 is 46.2 Å². The number of amides is 1. The fourth-order valence-electron chi connectivity index (χ4n) is 2.81. The van der Waals surface area contributed by atoms with Crippen LogP contribution in [0.15, 0.2) is 66.0 Å². The number of halogens is 2. The van der Waals surface area contributed by atoms with E-state index in [1.165, 1.54) is 0 Å². The van der Waals surface area contributed by atoms with Crippen LogP contribution in [-0.4, -0.2) is 26.9 Å². The Labute approximate surface area is 170 Å². The molecule has 8 heteroatoms. The van der Waals surface area contributed by atoms with Gasteiger partial charge in [-0.1, -0.05) is 47.5 Å². The highest BCUT2D eigenvalue weighted by atomic mass is 35.5. The summed E-state index contributed by atoms with van der Waals surface area (Å²) in [4.78, 5) is 15.4. The maximum absolute atomic E-state index is 12.3. The number of benzene rings is 2. The van der Waals surface area contributed by atoms with E-state index in [0.717, 1.165) is 22.0 Å². The lowest BCUT2D eigenvalue weighted by atomic mass is 10.2. The van der Waals surface area contributed by atoms with Gasteiger partial charge in [-0.15, -0.1) is 0 Å². The van der Waals surface area contributed by atoms with Crippen LogP contribution in [0.4, 0.5) is 0 Å². The summed E-state index contributed by atoms with van der Waals surface area (Å²) in [5.41, 5.74) is 5.52. The molecule has 2 N–H and O–H groups in total. The molecular formula is C20H15Cl2N5O. The van der Waals surface area contributed by atoms with Crippen molar-refractivity contribution < 1.29 is 4.79 Å². The molecule has 0 fully saturated rings. The quantitative estimate of drug-likeness (QED) is 0.375. The molecule has 1 amide bonds. The van der Waals surface area contributed by atoms with E-state index < -0.39 is 5.91 Å². The number of fused-ring (bicyclic) bond motifs is 1. The Balaban J connectivity index is 1.41. The highest BCUT2D eigenvalue weighted by Gasteiger charge is 2.10. The minimum Gasteiger partial charge on any atom is -0.361 e. The summed E-state index contributed by atoms with van der Waals surface area (Å²) in [5.74, 6) is -0.392. The average molecular weight is 412 g/mol.